The SMILES string of the molecule is COc1ccc(CC(=O)Nc2nc3c(OC)ccc(Cl)c3s2)cc1C. The van der Waals surface area contributed by atoms with Crippen LogP contribution >= 0.6 is 22.9 Å². The summed E-state index contributed by atoms with van der Waals surface area (Å²) in [5.74, 6) is 1.29. The highest BCUT2D eigenvalue weighted by Gasteiger charge is 2.14. The molecule has 3 rings (SSSR count). The van der Waals surface area contributed by atoms with E-state index in [1.165, 1.54) is 11.3 Å². The molecule has 5 nitrogen and oxygen atoms in total. The molecule has 25 heavy (non-hydrogen) atoms. The minimum absolute atomic E-state index is 0.140. The van der Waals surface area contributed by atoms with Crippen molar-refractivity contribution in [1.82, 2.24) is 4.98 Å². The maximum Gasteiger partial charge on any atom is 0.230 e. The van der Waals surface area contributed by atoms with E-state index in [0.717, 1.165) is 21.6 Å². The van der Waals surface area contributed by atoms with Crippen molar-refractivity contribution in [3.8, 4) is 11.5 Å². The predicted molar refractivity (Wildman–Crippen MR) is 101 cm³/mol. The second-order valence-electron chi connectivity index (χ2n) is 5.48. The molecule has 0 aliphatic heterocycles. The average Bonchev–Trinajstić information content (AvgIpc) is 3.00. The van der Waals surface area contributed by atoms with Gasteiger partial charge in [0.05, 0.1) is 30.4 Å². The summed E-state index contributed by atoms with van der Waals surface area (Å²) in [5, 5.41) is 3.91. The fraction of sp³-hybridized carbons (Fsp3) is 0.222. The Morgan fingerprint density at radius 3 is 2.60 bits per heavy atom. The van der Waals surface area contributed by atoms with Gasteiger partial charge >= 0.3 is 0 Å². The van der Waals surface area contributed by atoms with Gasteiger partial charge in [0.2, 0.25) is 5.91 Å². The van der Waals surface area contributed by atoms with Gasteiger partial charge in [-0.05, 0) is 36.2 Å². The lowest BCUT2D eigenvalue weighted by atomic mass is 10.1. The molecule has 0 saturated carbocycles. The Morgan fingerprint density at radius 2 is 1.92 bits per heavy atom. The number of nitrogens with zero attached hydrogens (tertiary/aromatic N) is 1. The van der Waals surface area contributed by atoms with Gasteiger partial charge in [-0.25, -0.2) is 4.98 Å². The molecule has 1 aromatic heterocycles. The van der Waals surface area contributed by atoms with Crippen LogP contribution in [0.1, 0.15) is 11.1 Å². The third-order valence-corrected chi connectivity index (χ3v) is 5.18. The lowest BCUT2D eigenvalue weighted by molar-refractivity contribution is -0.115. The van der Waals surface area contributed by atoms with Gasteiger partial charge in [0, 0.05) is 0 Å². The molecular formula is C18H17ClN2O3S. The normalized spacial score (nSPS) is 10.7. The first-order valence-corrected chi connectivity index (χ1v) is 8.77. The Kier molecular flexibility index (Phi) is 5.11. The predicted octanol–water partition coefficient (Wildman–Crippen LogP) is 4.46. The van der Waals surface area contributed by atoms with Crippen LogP contribution in [-0.2, 0) is 11.2 Å². The number of amides is 1. The number of aromatic nitrogens is 1. The van der Waals surface area contributed by atoms with Crippen molar-refractivity contribution < 1.29 is 14.3 Å². The van der Waals surface area contributed by atoms with Crippen molar-refractivity contribution in [2.24, 2.45) is 0 Å². The first kappa shape index (κ1) is 17.5. The minimum atomic E-state index is -0.140. The standard InChI is InChI=1S/C18H17ClN2O3S/c1-10-8-11(4-6-13(10)23-2)9-15(22)20-18-21-16-14(24-3)7-5-12(19)17(16)25-18/h4-8H,9H2,1-3H3,(H,20,21,22). The van der Waals surface area contributed by atoms with Crippen LogP contribution in [0.15, 0.2) is 30.3 Å². The molecule has 3 aromatic rings. The molecule has 7 heteroatoms. The molecule has 0 spiro atoms. The van der Waals surface area contributed by atoms with Crippen LogP contribution in [0.2, 0.25) is 5.02 Å². The number of carbonyl (C=O) groups is 1. The Labute approximate surface area is 154 Å². The van der Waals surface area contributed by atoms with Crippen LogP contribution in [0, 0.1) is 6.92 Å². The van der Waals surface area contributed by atoms with E-state index in [9.17, 15) is 4.79 Å². The number of fused-ring (bicyclic) bond motifs is 1. The van der Waals surface area contributed by atoms with E-state index in [4.69, 9.17) is 21.1 Å². The molecule has 0 aliphatic carbocycles. The van der Waals surface area contributed by atoms with E-state index in [2.05, 4.69) is 10.3 Å². The smallest absolute Gasteiger partial charge is 0.230 e. The van der Waals surface area contributed by atoms with Crippen LogP contribution in [0.3, 0.4) is 0 Å². The number of hydrogen-bond donors (Lipinski definition) is 1. The summed E-state index contributed by atoms with van der Waals surface area (Å²) in [6.45, 7) is 1.95. The Bertz CT molecular complexity index is 939. The zero-order valence-corrected chi connectivity index (χ0v) is 15.6. The molecule has 0 bridgehead atoms. The number of ether oxygens (including phenoxy) is 2. The quantitative estimate of drug-likeness (QED) is 0.714. The fourth-order valence-corrected chi connectivity index (χ4v) is 3.74. The van der Waals surface area contributed by atoms with Gasteiger partial charge in [-0.15, -0.1) is 0 Å². The molecule has 1 amide bonds. The number of hydrogen-bond acceptors (Lipinski definition) is 5. The molecule has 0 unspecified atom stereocenters. The third kappa shape index (κ3) is 3.70. The maximum absolute atomic E-state index is 12.3. The second kappa shape index (κ2) is 7.29. The molecule has 0 radical (unpaired) electrons. The summed E-state index contributed by atoms with van der Waals surface area (Å²) in [7, 11) is 3.20. The number of carbonyl (C=O) groups excluding carboxylic acids is 1. The van der Waals surface area contributed by atoms with Gasteiger partial charge in [0.1, 0.15) is 17.0 Å². The average molecular weight is 377 g/mol. The lowest BCUT2D eigenvalue weighted by Gasteiger charge is -2.07. The molecule has 0 atom stereocenters. The molecule has 130 valence electrons. The van der Waals surface area contributed by atoms with Gasteiger partial charge in [-0.1, -0.05) is 35.1 Å². The summed E-state index contributed by atoms with van der Waals surface area (Å²) in [6, 6.07) is 9.20. The van der Waals surface area contributed by atoms with Gasteiger partial charge in [-0.3, -0.25) is 4.79 Å². The van der Waals surface area contributed by atoms with Crippen LogP contribution in [-0.4, -0.2) is 25.1 Å². The van der Waals surface area contributed by atoms with E-state index in [-0.39, 0.29) is 12.3 Å². The van der Waals surface area contributed by atoms with Gasteiger partial charge in [0.25, 0.3) is 0 Å². The summed E-state index contributed by atoms with van der Waals surface area (Å²) < 4.78 is 11.3. The maximum atomic E-state index is 12.3. The molecule has 1 N–H and O–H groups in total. The van der Waals surface area contributed by atoms with E-state index >= 15 is 0 Å². The molecule has 0 fully saturated rings. The van der Waals surface area contributed by atoms with Crippen molar-refractivity contribution in [2.75, 3.05) is 19.5 Å². The Morgan fingerprint density at radius 1 is 1.20 bits per heavy atom. The Hall–Kier alpha value is -2.31. The molecule has 2 aromatic carbocycles. The molecule has 1 heterocycles. The highest BCUT2D eigenvalue weighted by molar-refractivity contribution is 7.23. The fourth-order valence-electron chi connectivity index (χ4n) is 2.57. The van der Waals surface area contributed by atoms with Crippen molar-refractivity contribution >= 4 is 44.2 Å². The minimum Gasteiger partial charge on any atom is -0.496 e. The van der Waals surface area contributed by atoms with Crippen molar-refractivity contribution in [1.29, 1.82) is 0 Å². The van der Waals surface area contributed by atoms with Gasteiger partial charge < -0.3 is 14.8 Å². The highest BCUT2D eigenvalue weighted by Crippen LogP contribution is 2.37. The van der Waals surface area contributed by atoms with Crippen LogP contribution < -0.4 is 14.8 Å². The van der Waals surface area contributed by atoms with E-state index in [0.29, 0.717) is 21.4 Å². The number of rotatable bonds is 5. The van der Waals surface area contributed by atoms with Gasteiger partial charge in [0.15, 0.2) is 5.13 Å². The van der Waals surface area contributed by atoms with Crippen LogP contribution in [0.4, 0.5) is 5.13 Å². The summed E-state index contributed by atoms with van der Waals surface area (Å²) >= 11 is 7.53. The second-order valence-corrected chi connectivity index (χ2v) is 6.88. The van der Waals surface area contributed by atoms with Crippen LogP contribution in [0.25, 0.3) is 10.2 Å². The number of nitrogens with one attached hydrogen (secondary N) is 1. The Balaban J connectivity index is 1.78. The zero-order valence-electron chi connectivity index (χ0n) is 14.1. The van der Waals surface area contributed by atoms with E-state index in [1.54, 1.807) is 26.4 Å². The van der Waals surface area contributed by atoms with Crippen molar-refractivity contribution in [2.45, 2.75) is 13.3 Å². The number of thiazole rings is 1. The van der Waals surface area contributed by atoms with Crippen molar-refractivity contribution in [3.05, 3.63) is 46.5 Å². The molecule has 0 aliphatic rings. The van der Waals surface area contributed by atoms with Gasteiger partial charge in [-0.2, -0.15) is 0 Å². The lowest BCUT2D eigenvalue weighted by Crippen LogP contribution is -2.14. The number of aryl methyl sites for hydroxylation is 1. The van der Waals surface area contributed by atoms with E-state index < -0.39 is 0 Å². The monoisotopic (exact) mass is 376 g/mol. The first-order valence-electron chi connectivity index (χ1n) is 7.58. The summed E-state index contributed by atoms with van der Waals surface area (Å²) in [5.41, 5.74) is 2.55. The molecule has 0 saturated heterocycles. The number of anilines is 1. The largest absolute Gasteiger partial charge is 0.496 e. The summed E-state index contributed by atoms with van der Waals surface area (Å²) in [4.78, 5) is 16.8. The molecular weight excluding hydrogens is 360 g/mol. The first-order chi connectivity index (χ1) is 12.0. The van der Waals surface area contributed by atoms with Crippen LogP contribution in [0.5, 0.6) is 11.5 Å². The van der Waals surface area contributed by atoms with E-state index in [1.807, 2.05) is 25.1 Å². The topological polar surface area (TPSA) is 60.5 Å². The number of benzene rings is 2. The number of halogens is 1. The van der Waals surface area contributed by atoms with Crippen molar-refractivity contribution in [3.63, 3.8) is 0 Å². The number of methoxy groups -OCH3 is 2. The highest BCUT2D eigenvalue weighted by atomic mass is 35.5. The zero-order chi connectivity index (χ0) is 18.0. The third-order valence-electron chi connectivity index (χ3n) is 3.75. The summed E-state index contributed by atoms with van der Waals surface area (Å²) in [6.07, 6.45) is 0.256.